The standard InChI is InChI=1S/C15H24FN3O2S/c1-4-18-7-9-19(10-8-18)15-6-5-13(16)11-14(15)12(2)17-22(3,20)21/h5-6,11-12,17H,4,7-10H2,1-3H3/t12-/m1/s1. The van der Waals surface area contributed by atoms with Gasteiger partial charge >= 0.3 is 0 Å². The number of piperazine rings is 1. The second kappa shape index (κ2) is 6.93. The van der Waals surface area contributed by atoms with Crippen LogP contribution in [0.1, 0.15) is 25.5 Å². The maximum absolute atomic E-state index is 13.6. The Morgan fingerprint density at radius 1 is 1.27 bits per heavy atom. The van der Waals surface area contributed by atoms with Crippen LogP contribution >= 0.6 is 0 Å². The summed E-state index contributed by atoms with van der Waals surface area (Å²) >= 11 is 0. The molecule has 0 radical (unpaired) electrons. The van der Waals surface area contributed by atoms with Crippen molar-refractivity contribution in [3.63, 3.8) is 0 Å². The molecule has 0 bridgehead atoms. The first-order chi connectivity index (χ1) is 10.3. The summed E-state index contributed by atoms with van der Waals surface area (Å²) in [5.74, 6) is -0.354. The number of likely N-dealkylation sites (N-methyl/N-ethyl adjacent to an activating group) is 1. The van der Waals surface area contributed by atoms with Crippen LogP contribution in [0.5, 0.6) is 0 Å². The average molecular weight is 329 g/mol. The topological polar surface area (TPSA) is 52.6 Å². The largest absolute Gasteiger partial charge is 0.369 e. The van der Waals surface area contributed by atoms with Crippen LogP contribution in [0.3, 0.4) is 0 Å². The molecule has 0 aromatic heterocycles. The molecule has 22 heavy (non-hydrogen) atoms. The molecule has 0 spiro atoms. The molecule has 1 saturated heterocycles. The predicted molar refractivity (Wildman–Crippen MR) is 87.1 cm³/mol. The maximum atomic E-state index is 13.6. The van der Waals surface area contributed by atoms with Crippen molar-refractivity contribution < 1.29 is 12.8 Å². The number of benzene rings is 1. The van der Waals surface area contributed by atoms with Gasteiger partial charge in [-0.05, 0) is 37.2 Å². The molecular formula is C15H24FN3O2S. The number of halogens is 1. The van der Waals surface area contributed by atoms with Gasteiger partial charge in [-0.15, -0.1) is 0 Å². The number of hydrogen-bond donors (Lipinski definition) is 1. The van der Waals surface area contributed by atoms with Gasteiger partial charge in [0.05, 0.1) is 6.26 Å². The van der Waals surface area contributed by atoms with Crippen LogP contribution in [0.4, 0.5) is 10.1 Å². The summed E-state index contributed by atoms with van der Waals surface area (Å²) in [6, 6.07) is 4.12. The minimum absolute atomic E-state index is 0.354. The Morgan fingerprint density at radius 3 is 2.45 bits per heavy atom. The van der Waals surface area contributed by atoms with Crippen LogP contribution in [0.25, 0.3) is 0 Å². The third kappa shape index (κ3) is 4.41. The van der Waals surface area contributed by atoms with E-state index in [1.807, 2.05) is 0 Å². The lowest BCUT2D eigenvalue weighted by molar-refractivity contribution is 0.271. The summed E-state index contributed by atoms with van der Waals surface area (Å²) < 4.78 is 39.0. The molecule has 1 aliphatic heterocycles. The van der Waals surface area contributed by atoms with Crippen molar-refractivity contribution in [1.82, 2.24) is 9.62 Å². The first kappa shape index (κ1) is 17.2. The Balaban J connectivity index is 2.24. The highest BCUT2D eigenvalue weighted by atomic mass is 32.2. The minimum atomic E-state index is -3.34. The van der Waals surface area contributed by atoms with Gasteiger partial charge in [-0.25, -0.2) is 17.5 Å². The summed E-state index contributed by atoms with van der Waals surface area (Å²) in [5, 5.41) is 0. The molecule has 0 saturated carbocycles. The molecule has 7 heteroatoms. The third-order valence-electron chi connectivity index (χ3n) is 4.01. The molecule has 1 N–H and O–H groups in total. The molecule has 0 amide bonds. The lowest BCUT2D eigenvalue weighted by Gasteiger charge is -2.37. The summed E-state index contributed by atoms with van der Waals surface area (Å²) in [5.41, 5.74) is 1.58. The zero-order chi connectivity index (χ0) is 16.3. The molecular weight excluding hydrogens is 305 g/mol. The summed E-state index contributed by atoms with van der Waals surface area (Å²) in [6.45, 7) is 8.54. The van der Waals surface area contributed by atoms with E-state index in [2.05, 4.69) is 21.4 Å². The number of rotatable bonds is 5. The Hall–Kier alpha value is -1.18. The summed E-state index contributed by atoms with van der Waals surface area (Å²) in [6.07, 6.45) is 1.11. The highest BCUT2D eigenvalue weighted by molar-refractivity contribution is 7.88. The Bertz CT molecular complexity index is 613. The number of nitrogens with one attached hydrogen (secondary N) is 1. The first-order valence-electron chi connectivity index (χ1n) is 7.54. The number of anilines is 1. The van der Waals surface area contributed by atoms with Crippen LogP contribution in [-0.2, 0) is 10.0 Å². The molecule has 1 aliphatic rings. The van der Waals surface area contributed by atoms with E-state index in [1.54, 1.807) is 13.0 Å². The van der Waals surface area contributed by atoms with Crippen molar-refractivity contribution in [3.05, 3.63) is 29.6 Å². The average Bonchev–Trinajstić information content (AvgIpc) is 2.45. The Labute approximate surface area is 132 Å². The van der Waals surface area contributed by atoms with E-state index < -0.39 is 16.1 Å². The van der Waals surface area contributed by atoms with E-state index in [1.165, 1.54) is 12.1 Å². The first-order valence-corrected chi connectivity index (χ1v) is 9.43. The Kier molecular flexibility index (Phi) is 5.41. The maximum Gasteiger partial charge on any atom is 0.209 e. The molecule has 2 rings (SSSR count). The van der Waals surface area contributed by atoms with E-state index in [9.17, 15) is 12.8 Å². The lowest BCUT2D eigenvalue weighted by atomic mass is 10.0. The second-order valence-corrected chi connectivity index (χ2v) is 7.52. The molecule has 1 fully saturated rings. The summed E-state index contributed by atoms with van der Waals surface area (Å²) in [4.78, 5) is 4.55. The monoisotopic (exact) mass is 329 g/mol. The van der Waals surface area contributed by atoms with Gasteiger partial charge in [0.2, 0.25) is 10.0 Å². The zero-order valence-corrected chi connectivity index (χ0v) is 14.2. The highest BCUT2D eigenvalue weighted by Gasteiger charge is 2.22. The molecule has 1 atom stereocenters. The van der Waals surface area contributed by atoms with Gasteiger partial charge in [-0.1, -0.05) is 6.92 Å². The summed E-state index contributed by atoms with van der Waals surface area (Å²) in [7, 11) is -3.34. The lowest BCUT2D eigenvalue weighted by Crippen LogP contribution is -2.46. The predicted octanol–water partition coefficient (Wildman–Crippen LogP) is 1.58. The van der Waals surface area contributed by atoms with E-state index in [4.69, 9.17) is 0 Å². The fraction of sp³-hybridized carbons (Fsp3) is 0.600. The normalized spacial score (nSPS) is 18.5. The fourth-order valence-electron chi connectivity index (χ4n) is 2.85. The molecule has 1 aromatic rings. The van der Waals surface area contributed by atoms with Crippen LogP contribution in [0.2, 0.25) is 0 Å². The molecule has 0 aliphatic carbocycles. The fourth-order valence-corrected chi connectivity index (χ4v) is 3.62. The van der Waals surface area contributed by atoms with Gasteiger partial charge < -0.3 is 9.80 Å². The van der Waals surface area contributed by atoms with Crippen LogP contribution in [-0.4, -0.2) is 52.3 Å². The van der Waals surface area contributed by atoms with Gasteiger partial charge in [-0.2, -0.15) is 0 Å². The van der Waals surface area contributed by atoms with Crippen LogP contribution in [0, 0.1) is 5.82 Å². The molecule has 1 aromatic carbocycles. The second-order valence-electron chi connectivity index (χ2n) is 5.74. The smallest absolute Gasteiger partial charge is 0.209 e. The number of sulfonamides is 1. The molecule has 1 heterocycles. The zero-order valence-electron chi connectivity index (χ0n) is 13.3. The van der Waals surface area contributed by atoms with Gasteiger partial charge in [0.25, 0.3) is 0 Å². The van der Waals surface area contributed by atoms with Gasteiger partial charge in [-0.3, -0.25) is 0 Å². The van der Waals surface area contributed by atoms with Gasteiger partial charge in [0.1, 0.15) is 5.82 Å². The molecule has 0 unspecified atom stereocenters. The molecule has 5 nitrogen and oxygen atoms in total. The van der Waals surface area contributed by atoms with E-state index in [0.717, 1.165) is 44.7 Å². The van der Waals surface area contributed by atoms with Crippen molar-refractivity contribution in [3.8, 4) is 0 Å². The third-order valence-corrected chi connectivity index (χ3v) is 4.79. The minimum Gasteiger partial charge on any atom is -0.369 e. The van der Waals surface area contributed by atoms with Crippen molar-refractivity contribution in [2.75, 3.05) is 43.9 Å². The quantitative estimate of drug-likeness (QED) is 0.891. The van der Waals surface area contributed by atoms with E-state index in [0.29, 0.717) is 5.56 Å². The molecule has 124 valence electrons. The SMILES string of the molecule is CCN1CCN(c2ccc(F)cc2[C@@H](C)NS(C)(=O)=O)CC1. The Morgan fingerprint density at radius 2 is 1.91 bits per heavy atom. The van der Waals surface area contributed by atoms with Crippen molar-refractivity contribution >= 4 is 15.7 Å². The van der Waals surface area contributed by atoms with Gasteiger partial charge in [0.15, 0.2) is 0 Å². The van der Waals surface area contributed by atoms with Crippen molar-refractivity contribution in [1.29, 1.82) is 0 Å². The van der Waals surface area contributed by atoms with Crippen LogP contribution < -0.4 is 9.62 Å². The highest BCUT2D eigenvalue weighted by Crippen LogP contribution is 2.28. The van der Waals surface area contributed by atoms with E-state index >= 15 is 0 Å². The number of hydrogen-bond acceptors (Lipinski definition) is 4. The number of nitrogens with zero attached hydrogens (tertiary/aromatic N) is 2. The van der Waals surface area contributed by atoms with Crippen molar-refractivity contribution in [2.45, 2.75) is 19.9 Å². The van der Waals surface area contributed by atoms with Crippen molar-refractivity contribution in [2.24, 2.45) is 0 Å². The van der Waals surface area contributed by atoms with Gasteiger partial charge in [0, 0.05) is 37.9 Å². The van der Waals surface area contributed by atoms with E-state index in [-0.39, 0.29) is 5.82 Å². The van der Waals surface area contributed by atoms with Crippen LogP contribution in [0.15, 0.2) is 18.2 Å².